The molecule has 1 atom stereocenters. The Kier molecular flexibility index (Phi) is 4.18. The highest BCUT2D eigenvalue weighted by Crippen LogP contribution is 2.32. The van der Waals surface area contributed by atoms with Gasteiger partial charge in [0.2, 0.25) is 0 Å². The van der Waals surface area contributed by atoms with E-state index in [-0.39, 0.29) is 11.9 Å². The highest BCUT2D eigenvalue weighted by Gasteiger charge is 2.19. The lowest BCUT2D eigenvalue weighted by Crippen LogP contribution is -2.21. The van der Waals surface area contributed by atoms with Crippen LogP contribution in [0.15, 0.2) is 34.5 Å². The van der Waals surface area contributed by atoms with Crippen LogP contribution >= 0.6 is 15.9 Å². The van der Waals surface area contributed by atoms with Crippen LogP contribution in [0.4, 0.5) is 4.39 Å². The largest absolute Gasteiger partial charge is 0.501 e. The predicted octanol–water partition coefficient (Wildman–Crippen LogP) is 3.54. The molecule has 1 aliphatic rings. The van der Waals surface area contributed by atoms with Crippen LogP contribution in [0.3, 0.4) is 0 Å². The maximum absolute atomic E-state index is 13.1. The van der Waals surface area contributed by atoms with Crippen molar-refractivity contribution in [1.29, 1.82) is 0 Å². The molecule has 0 amide bonds. The van der Waals surface area contributed by atoms with Crippen molar-refractivity contribution in [2.24, 2.45) is 0 Å². The normalized spacial score (nSPS) is 17.2. The summed E-state index contributed by atoms with van der Waals surface area (Å²) in [5, 5.41) is 3.25. The van der Waals surface area contributed by atoms with E-state index in [1.165, 1.54) is 17.7 Å². The highest BCUT2D eigenvalue weighted by atomic mass is 79.9. The number of halogens is 2. The van der Waals surface area contributed by atoms with E-state index in [1.54, 1.807) is 6.07 Å². The summed E-state index contributed by atoms with van der Waals surface area (Å²) in [4.78, 5) is 0. The maximum Gasteiger partial charge on any atom is 0.124 e. The number of likely N-dealkylation sites (N-methyl/N-ethyl adjacent to an activating group) is 1. The predicted molar refractivity (Wildman–Crippen MR) is 69.2 cm³/mol. The van der Waals surface area contributed by atoms with E-state index in [9.17, 15) is 4.39 Å². The van der Waals surface area contributed by atoms with Gasteiger partial charge in [0, 0.05) is 4.47 Å². The molecule has 1 aromatic rings. The molecule has 92 valence electrons. The second kappa shape index (κ2) is 5.65. The van der Waals surface area contributed by atoms with Gasteiger partial charge in [-0.1, -0.05) is 22.0 Å². The SMILES string of the molecule is CNC(C1=COCCC1)c1ccc(F)cc1Br. The Morgan fingerprint density at radius 2 is 2.29 bits per heavy atom. The molecule has 1 N–H and O–H groups in total. The van der Waals surface area contributed by atoms with Gasteiger partial charge in [0.15, 0.2) is 0 Å². The van der Waals surface area contributed by atoms with Crippen LogP contribution in [0.25, 0.3) is 0 Å². The third-order valence-corrected chi connectivity index (χ3v) is 3.58. The number of hydrogen-bond acceptors (Lipinski definition) is 2. The van der Waals surface area contributed by atoms with Crippen LogP contribution in [-0.2, 0) is 4.74 Å². The van der Waals surface area contributed by atoms with E-state index >= 15 is 0 Å². The van der Waals surface area contributed by atoms with Crippen LogP contribution in [0.1, 0.15) is 24.4 Å². The lowest BCUT2D eigenvalue weighted by Gasteiger charge is -2.24. The summed E-state index contributed by atoms with van der Waals surface area (Å²) in [6.07, 6.45) is 3.86. The minimum Gasteiger partial charge on any atom is -0.501 e. The Bertz CT molecular complexity index is 433. The van der Waals surface area contributed by atoms with Gasteiger partial charge in [-0.3, -0.25) is 0 Å². The van der Waals surface area contributed by atoms with Crippen molar-refractivity contribution in [3.05, 3.63) is 45.9 Å². The summed E-state index contributed by atoms with van der Waals surface area (Å²) >= 11 is 3.41. The number of ether oxygens (including phenoxy) is 1. The quantitative estimate of drug-likeness (QED) is 0.922. The molecule has 2 nitrogen and oxygen atoms in total. The first kappa shape index (κ1) is 12.6. The number of rotatable bonds is 3. The van der Waals surface area contributed by atoms with Crippen LogP contribution in [0.2, 0.25) is 0 Å². The van der Waals surface area contributed by atoms with Crippen molar-refractivity contribution in [2.75, 3.05) is 13.7 Å². The van der Waals surface area contributed by atoms with Gasteiger partial charge >= 0.3 is 0 Å². The Morgan fingerprint density at radius 3 is 2.88 bits per heavy atom. The van der Waals surface area contributed by atoms with Gasteiger partial charge in [0.1, 0.15) is 5.82 Å². The van der Waals surface area contributed by atoms with Crippen molar-refractivity contribution in [3.8, 4) is 0 Å². The number of nitrogens with one attached hydrogen (secondary N) is 1. The first-order valence-corrected chi connectivity index (χ1v) is 6.44. The molecule has 0 fully saturated rings. The van der Waals surface area contributed by atoms with Crippen LogP contribution in [0, 0.1) is 5.82 Å². The molecular weight excluding hydrogens is 285 g/mol. The standard InChI is InChI=1S/C13H15BrFNO/c1-16-13(9-3-2-6-17-8-9)11-5-4-10(15)7-12(11)14/h4-5,7-8,13,16H,2-3,6H2,1H3. The molecular formula is C13H15BrFNO. The summed E-state index contributed by atoms with van der Waals surface area (Å²) in [5.74, 6) is -0.232. The lowest BCUT2D eigenvalue weighted by molar-refractivity contribution is 0.220. The molecule has 1 heterocycles. The Balaban J connectivity index is 2.31. The van der Waals surface area contributed by atoms with E-state index < -0.39 is 0 Å². The molecule has 0 radical (unpaired) electrons. The lowest BCUT2D eigenvalue weighted by atomic mass is 9.95. The monoisotopic (exact) mass is 299 g/mol. The highest BCUT2D eigenvalue weighted by molar-refractivity contribution is 9.10. The summed E-state index contributed by atoms with van der Waals surface area (Å²) in [6.45, 7) is 0.782. The summed E-state index contributed by atoms with van der Waals surface area (Å²) in [5.41, 5.74) is 2.23. The van der Waals surface area contributed by atoms with Gasteiger partial charge in [-0.15, -0.1) is 0 Å². The van der Waals surface area contributed by atoms with E-state index in [1.807, 2.05) is 13.3 Å². The fraction of sp³-hybridized carbons (Fsp3) is 0.385. The third-order valence-electron chi connectivity index (χ3n) is 2.90. The average Bonchev–Trinajstić information content (AvgIpc) is 2.34. The molecule has 4 heteroatoms. The zero-order valence-electron chi connectivity index (χ0n) is 9.67. The van der Waals surface area contributed by atoms with Gasteiger partial charge in [-0.05, 0) is 43.2 Å². The van der Waals surface area contributed by atoms with Gasteiger partial charge < -0.3 is 10.1 Å². The Labute approximate surface area is 109 Å². The second-order valence-electron chi connectivity index (χ2n) is 4.05. The summed E-state index contributed by atoms with van der Waals surface area (Å²) in [6, 6.07) is 4.85. The first-order valence-electron chi connectivity index (χ1n) is 5.65. The molecule has 0 bridgehead atoms. The molecule has 2 rings (SSSR count). The van der Waals surface area contributed by atoms with E-state index in [0.717, 1.165) is 29.5 Å². The van der Waals surface area contributed by atoms with Crippen molar-refractivity contribution in [2.45, 2.75) is 18.9 Å². The van der Waals surface area contributed by atoms with Crippen LogP contribution < -0.4 is 5.32 Å². The fourth-order valence-corrected chi connectivity index (χ4v) is 2.65. The van der Waals surface area contributed by atoms with E-state index in [4.69, 9.17) is 4.74 Å². The smallest absolute Gasteiger partial charge is 0.124 e. The van der Waals surface area contributed by atoms with Crippen LogP contribution in [-0.4, -0.2) is 13.7 Å². The molecule has 17 heavy (non-hydrogen) atoms. The van der Waals surface area contributed by atoms with Gasteiger partial charge in [-0.25, -0.2) is 4.39 Å². The fourth-order valence-electron chi connectivity index (χ4n) is 2.07. The minimum atomic E-state index is -0.232. The van der Waals surface area contributed by atoms with Crippen molar-refractivity contribution >= 4 is 15.9 Å². The molecule has 1 unspecified atom stereocenters. The Hall–Kier alpha value is -0.870. The van der Waals surface area contributed by atoms with Crippen LogP contribution in [0.5, 0.6) is 0 Å². The zero-order chi connectivity index (χ0) is 12.3. The van der Waals surface area contributed by atoms with Crippen molar-refractivity contribution in [3.63, 3.8) is 0 Å². The van der Waals surface area contributed by atoms with Gasteiger partial charge in [-0.2, -0.15) is 0 Å². The molecule has 0 aliphatic carbocycles. The van der Waals surface area contributed by atoms with E-state index in [2.05, 4.69) is 21.2 Å². The van der Waals surface area contributed by atoms with Crippen molar-refractivity contribution in [1.82, 2.24) is 5.32 Å². The molecule has 0 saturated carbocycles. The number of hydrogen-bond donors (Lipinski definition) is 1. The molecule has 1 aliphatic heterocycles. The second-order valence-corrected chi connectivity index (χ2v) is 4.91. The van der Waals surface area contributed by atoms with E-state index in [0.29, 0.717) is 0 Å². The first-order chi connectivity index (χ1) is 8.22. The third kappa shape index (κ3) is 2.87. The molecule has 0 saturated heterocycles. The van der Waals surface area contributed by atoms with Gasteiger partial charge in [0.25, 0.3) is 0 Å². The number of benzene rings is 1. The average molecular weight is 300 g/mol. The topological polar surface area (TPSA) is 21.3 Å². The molecule has 0 spiro atoms. The zero-order valence-corrected chi connectivity index (χ0v) is 11.3. The summed E-state index contributed by atoms with van der Waals surface area (Å²) < 4.78 is 19.2. The summed E-state index contributed by atoms with van der Waals surface area (Å²) in [7, 11) is 1.90. The van der Waals surface area contributed by atoms with Crippen molar-refractivity contribution < 1.29 is 9.13 Å². The minimum absolute atomic E-state index is 0.0743. The molecule has 1 aromatic carbocycles. The Morgan fingerprint density at radius 1 is 1.47 bits per heavy atom. The molecule has 0 aromatic heterocycles. The van der Waals surface area contributed by atoms with Gasteiger partial charge in [0.05, 0.1) is 18.9 Å². The maximum atomic E-state index is 13.1.